The van der Waals surface area contributed by atoms with Crippen molar-refractivity contribution in [2.75, 3.05) is 7.11 Å². The predicted octanol–water partition coefficient (Wildman–Crippen LogP) is 4.32. The quantitative estimate of drug-likeness (QED) is 0.789. The van der Waals surface area contributed by atoms with Gasteiger partial charge in [-0.2, -0.15) is 0 Å². The summed E-state index contributed by atoms with van der Waals surface area (Å²) in [6.45, 7) is 0.598. The van der Waals surface area contributed by atoms with Gasteiger partial charge in [-0.05, 0) is 40.9 Å². The zero-order valence-electron chi connectivity index (χ0n) is 11.7. The number of rotatable bonds is 5. The lowest BCUT2D eigenvalue weighted by Crippen LogP contribution is -2.32. The number of hydrogen-bond donors (Lipinski definition) is 0. The number of ether oxygens (including phenoxy) is 1. The van der Waals surface area contributed by atoms with Crippen LogP contribution in [0.5, 0.6) is 5.75 Å². The van der Waals surface area contributed by atoms with E-state index in [4.69, 9.17) is 4.74 Å². The molecule has 3 rings (SSSR count). The molecular weight excluding hydrogens is 350 g/mol. The van der Waals surface area contributed by atoms with Crippen LogP contribution in [-0.4, -0.2) is 24.0 Å². The van der Waals surface area contributed by atoms with Gasteiger partial charge >= 0.3 is 0 Å². The Morgan fingerprint density at radius 2 is 2.19 bits per heavy atom. The van der Waals surface area contributed by atoms with E-state index in [1.165, 1.54) is 0 Å². The first-order valence-electron chi connectivity index (χ1n) is 6.86. The highest BCUT2D eigenvalue weighted by Crippen LogP contribution is 2.32. The Morgan fingerprint density at radius 1 is 1.43 bits per heavy atom. The second kappa shape index (κ2) is 6.20. The van der Waals surface area contributed by atoms with Crippen molar-refractivity contribution in [3.05, 3.63) is 50.6 Å². The van der Waals surface area contributed by atoms with Crippen LogP contribution in [-0.2, 0) is 6.54 Å². The van der Waals surface area contributed by atoms with E-state index in [1.54, 1.807) is 18.4 Å². The average molecular weight is 366 g/mol. The molecule has 0 N–H and O–H groups in total. The average Bonchev–Trinajstić information content (AvgIpc) is 3.25. The third-order valence-electron chi connectivity index (χ3n) is 3.60. The molecule has 2 aromatic rings. The number of amides is 1. The molecule has 0 unspecified atom stereocenters. The lowest BCUT2D eigenvalue weighted by Gasteiger charge is -2.23. The van der Waals surface area contributed by atoms with Crippen LogP contribution in [0.4, 0.5) is 0 Å². The van der Waals surface area contributed by atoms with Gasteiger partial charge < -0.3 is 9.64 Å². The van der Waals surface area contributed by atoms with E-state index < -0.39 is 0 Å². The van der Waals surface area contributed by atoms with Gasteiger partial charge in [0.15, 0.2) is 0 Å². The summed E-state index contributed by atoms with van der Waals surface area (Å²) < 4.78 is 6.38. The van der Waals surface area contributed by atoms with Crippen LogP contribution < -0.4 is 4.74 Å². The minimum atomic E-state index is 0.102. The second-order valence-electron chi connectivity index (χ2n) is 5.12. The van der Waals surface area contributed by atoms with Gasteiger partial charge in [-0.15, -0.1) is 11.3 Å². The molecule has 0 radical (unpaired) electrons. The van der Waals surface area contributed by atoms with Crippen molar-refractivity contribution in [3.8, 4) is 5.75 Å². The Morgan fingerprint density at radius 3 is 2.81 bits per heavy atom. The highest BCUT2D eigenvalue weighted by atomic mass is 79.9. The minimum absolute atomic E-state index is 0.102. The van der Waals surface area contributed by atoms with Crippen LogP contribution >= 0.6 is 27.3 Å². The second-order valence-corrected chi connectivity index (χ2v) is 7.41. The number of halogens is 1. The monoisotopic (exact) mass is 365 g/mol. The lowest BCUT2D eigenvalue weighted by molar-refractivity contribution is 0.0729. The highest BCUT2D eigenvalue weighted by Gasteiger charge is 2.33. The van der Waals surface area contributed by atoms with Crippen molar-refractivity contribution in [1.29, 1.82) is 0 Å². The molecule has 5 heteroatoms. The molecule has 0 spiro atoms. The molecule has 1 heterocycles. The summed E-state index contributed by atoms with van der Waals surface area (Å²) in [7, 11) is 1.66. The highest BCUT2D eigenvalue weighted by molar-refractivity contribution is 9.11. The van der Waals surface area contributed by atoms with E-state index in [1.807, 2.05) is 40.6 Å². The summed E-state index contributed by atoms with van der Waals surface area (Å²) in [6, 6.07) is 10.1. The van der Waals surface area contributed by atoms with E-state index in [0.717, 1.165) is 33.5 Å². The molecule has 0 saturated heterocycles. The third-order valence-corrected chi connectivity index (χ3v) is 5.10. The smallest absolute Gasteiger partial charge is 0.255 e. The Labute approximate surface area is 136 Å². The molecule has 0 bridgehead atoms. The van der Waals surface area contributed by atoms with Crippen molar-refractivity contribution in [1.82, 2.24) is 4.90 Å². The Hall–Kier alpha value is -1.33. The number of hydrogen-bond acceptors (Lipinski definition) is 3. The fourth-order valence-electron chi connectivity index (χ4n) is 2.36. The predicted molar refractivity (Wildman–Crippen MR) is 87.9 cm³/mol. The molecule has 1 saturated carbocycles. The van der Waals surface area contributed by atoms with Crippen molar-refractivity contribution in [2.45, 2.75) is 25.4 Å². The maximum atomic E-state index is 12.7. The molecule has 1 aliphatic carbocycles. The summed E-state index contributed by atoms with van der Waals surface area (Å²) in [4.78, 5) is 14.7. The minimum Gasteiger partial charge on any atom is -0.496 e. The van der Waals surface area contributed by atoms with Crippen LogP contribution in [0.3, 0.4) is 0 Å². The van der Waals surface area contributed by atoms with E-state index in [2.05, 4.69) is 15.9 Å². The number of nitrogens with zero attached hydrogens (tertiary/aromatic N) is 1. The topological polar surface area (TPSA) is 29.5 Å². The summed E-state index contributed by atoms with van der Waals surface area (Å²) in [5.74, 6) is 0.938. The molecule has 1 aliphatic rings. The first kappa shape index (κ1) is 14.6. The number of thiophene rings is 1. The first-order chi connectivity index (χ1) is 10.2. The van der Waals surface area contributed by atoms with E-state index >= 15 is 0 Å². The SMILES string of the molecule is COc1ccccc1CN(C(=O)c1csc(Br)c1)C1CC1. The number of carbonyl (C=O) groups excluding carboxylic acids is 1. The van der Waals surface area contributed by atoms with Gasteiger partial charge in [-0.25, -0.2) is 0 Å². The number of benzene rings is 1. The summed E-state index contributed by atoms with van der Waals surface area (Å²) >= 11 is 4.96. The van der Waals surface area contributed by atoms with Crippen LogP contribution in [0.2, 0.25) is 0 Å². The van der Waals surface area contributed by atoms with Crippen molar-refractivity contribution >= 4 is 33.2 Å². The van der Waals surface area contributed by atoms with Gasteiger partial charge in [0.05, 0.1) is 16.5 Å². The Bertz CT molecular complexity index is 651. The molecule has 0 aliphatic heterocycles. The van der Waals surface area contributed by atoms with Gasteiger partial charge in [-0.1, -0.05) is 18.2 Å². The lowest BCUT2D eigenvalue weighted by atomic mass is 10.1. The van der Waals surface area contributed by atoms with Gasteiger partial charge in [0, 0.05) is 23.5 Å². The molecule has 0 atom stereocenters. The molecule has 3 nitrogen and oxygen atoms in total. The zero-order chi connectivity index (χ0) is 14.8. The summed E-state index contributed by atoms with van der Waals surface area (Å²) in [6.07, 6.45) is 2.18. The van der Waals surface area contributed by atoms with E-state index in [-0.39, 0.29) is 5.91 Å². The third kappa shape index (κ3) is 3.30. The van der Waals surface area contributed by atoms with Crippen molar-refractivity contribution in [3.63, 3.8) is 0 Å². The van der Waals surface area contributed by atoms with Crippen LogP contribution in [0.1, 0.15) is 28.8 Å². The van der Waals surface area contributed by atoms with Gasteiger partial charge in [-0.3, -0.25) is 4.79 Å². The normalized spacial score (nSPS) is 14.0. The van der Waals surface area contributed by atoms with Crippen LogP contribution in [0.25, 0.3) is 0 Å². The summed E-state index contributed by atoms with van der Waals surface area (Å²) in [5, 5.41) is 1.91. The fourth-order valence-corrected chi connectivity index (χ4v) is 3.49. The zero-order valence-corrected chi connectivity index (χ0v) is 14.1. The van der Waals surface area contributed by atoms with Crippen LogP contribution in [0.15, 0.2) is 39.5 Å². The Balaban J connectivity index is 1.83. The number of para-hydroxylation sites is 1. The summed E-state index contributed by atoms with van der Waals surface area (Å²) in [5.41, 5.74) is 1.81. The standard InChI is InChI=1S/C16H16BrNO2S/c1-20-14-5-3-2-4-11(14)9-18(13-6-7-13)16(19)12-8-15(17)21-10-12/h2-5,8,10,13H,6-7,9H2,1H3. The molecule has 1 amide bonds. The van der Waals surface area contributed by atoms with Gasteiger partial charge in [0.25, 0.3) is 5.91 Å². The van der Waals surface area contributed by atoms with Gasteiger partial charge in [0.2, 0.25) is 0 Å². The molecule has 21 heavy (non-hydrogen) atoms. The Kier molecular flexibility index (Phi) is 4.31. The first-order valence-corrected chi connectivity index (χ1v) is 8.53. The van der Waals surface area contributed by atoms with Crippen molar-refractivity contribution < 1.29 is 9.53 Å². The number of carbonyl (C=O) groups is 1. The van der Waals surface area contributed by atoms with Crippen LogP contribution in [0, 0.1) is 0 Å². The van der Waals surface area contributed by atoms with Crippen molar-refractivity contribution in [2.24, 2.45) is 0 Å². The molecule has 110 valence electrons. The maximum Gasteiger partial charge on any atom is 0.255 e. The molecule has 1 aromatic carbocycles. The molecular formula is C16H16BrNO2S. The van der Waals surface area contributed by atoms with E-state index in [9.17, 15) is 4.79 Å². The molecule has 1 fully saturated rings. The fraction of sp³-hybridized carbons (Fsp3) is 0.312. The molecule has 1 aromatic heterocycles. The maximum absolute atomic E-state index is 12.7. The van der Waals surface area contributed by atoms with Gasteiger partial charge in [0.1, 0.15) is 5.75 Å². The number of methoxy groups -OCH3 is 1. The largest absolute Gasteiger partial charge is 0.496 e. The van der Waals surface area contributed by atoms with E-state index in [0.29, 0.717) is 12.6 Å².